The van der Waals surface area contributed by atoms with Crippen molar-refractivity contribution >= 4 is 68.1 Å². The molecule has 10 aromatic rings. The minimum Gasteiger partial charge on any atom is -0.310 e. The van der Waals surface area contributed by atoms with E-state index in [4.69, 9.17) is 0 Å². The zero-order chi connectivity index (χ0) is 40.3. The van der Waals surface area contributed by atoms with Gasteiger partial charge in [0.1, 0.15) is 8.07 Å². The Kier molecular flexibility index (Phi) is 7.46. The summed E-state index contributed by atoms with van der Waals surface area (Å²) in [6.07, 6.45) is 0. The first-order valence-electron chi connectivity index (χ1n) is 21.2. The standard InChI is InChI=1S/C57H44N2Si/c1-57(2)51-24-13-11-22-44(51)45-30-28-43(35-52(45)57)58(40-17-7-5-8-18-40)42-21-15-16-37(32-42)38-27-31-53-49(33-38)50-36-48-39(34-54(50)59(53)41-19-9-6-10-20-41)26-29-47-46-23-12-14-25-55(46)60(3,4)56(47)48/h5-36H,1-4H3. The van der Waals surface area contributed by atoms with Gasteiger partial charge in [0.25, 0.3) is 0 Å². The van der Waals surface area contributed by atoms with Crippen LogP contribution in [-0.2, 0) is 5.41 Å². The van der Waals surface area contributed by atoms with Gasteiger partial charge in [0.2, 0.25) is 0 Å². The third kappa shape index (κ3) is 4.99. The highest BCUT2D eigenvalue weighted by atomic mass is 28.3. The number of anilines is 3. The molecular formula is C57H44N2Si. The van der Waals surface area contributed by atoms with Crippen molar-refractivity contribution < 1.29 is 0 Å². The van der Waals surface area contributed by atoms with E-state index in [0.29, 0.717) is 0 Å². The summed E-state index contributed by atoms with van der Waals surface area (Å²) in [5.41, 5.74) is 17.6. The van der Waals surface area contributed by atoms with Gasteiger partial charge >= 0.3 is 0 Å². The molecule has 1 aliphatic heterocycles. The highest BCUT2D eigenvalue weighted by Crippen LogP contribution is 2.51. The molecule has 1 aromatic heterocycles. The number of nitrogens with zero attached hydrogens (tertiary/aromatic N) is 2. The van der Waals surface area contributed by atoms with Crippen LogP contribution >= 0.6 is 0 Å². The maximum Gasteiger partial charge on any atom is 0.114 e. The van der Waals surface area contributed by atoms with Gasteiger partial charge in [0.15, 0.2) is 0 Å². The summed E-state index contributed by atoms with van der Waals surface area (Å²) >= 11 is 0. The van der Waals surface area contributed by atoms with Gasteiger partial charge in [-0.05, 0) is 138 Å². The van der Waals surface area contributed by atoms with Gasteiger partial charge in [-0.1, -0.05) is 148 Å². The van der Waals surface area contributed by atoms with Crippen molar-refractivity contribution in [3.05, 3.63) is 205 Å². The Morgan fingerprint density at radius 3 is 1.92 bits per heavy atom. The van der Waals surface area contributed by atoms with Crippen LogP contribution in [-0.4, -0.2) is 12.6 Å². The predicted octanol–water partition coefficient (Wildman–Crippen LogP) is 14.2. The Morgan fingerprint density at radius 1 is 0.433 bits per heavy atom. The molecule has 12 rings (SSSR count). The number of hydrogen-bond donors (Lipinski definition) is 0. The second-order valence-electron chi connectivity index (χ2n) is 17.8. The average molecular weight is 785 g/mol. The van der Waals surface area contributed by atoms with Crippen LogP contribution in [0.25, 0.3) is 71.6 Å². The van der Waals surface area contributed by atoms with Gasteiger partial charge < -0.3 is 9.47 Å². The monoisotopic (exact) mass is 784 g/mol. The third-order valence-corrected chi connectivity index (χ3v) is 17.3. The lowest BCUT2D eigenvalue weighted by Crippen LogP contribution is -2.49. The molecule has 60 heavy (non-hydrogen) atoms. The van der Waals surface area contributed by atoms with Gasteiger partial charge in [-0.3, -0.25) is 0 Å². The second kappa shape index (κ2) is 12.8. The number of fused-ring (bicyclic) bond motifs is 11. The van der Waals surface area contributed by atoms with Crippen LogP contribution in [0.1, 0.15) is 25.0 Å². The molecule has 0 atom stereocenters. The molecule has 0 saturated carbocycles. The lowest BCUT2D eigenvalue weighted by molar-refractivity contribution is 0.660. The molecule has 0 fully saturated rings. The molecule has 0 saturated heterocycles. The van der Waals surface area contributed by atoms with E-state index in [0.717, 1.165) is 17.1 Å². The summed E-state index contributed by atoms with van der Waals surface area (Å²) < 4.78 is 2.46. The van der Waals surface area contributed by atoms with Gasteiger partial charge in [-0.25, -0.2) is 0 Å². The Morgan fingerprint density at radius 2 is 1.08 bits per heavy atom. The van der Waals surface area contributed by atoms with Gasteiger partial charge in [-0.15, -0.1) is 0 Å². The second-order valence-corrected chi connectivity index (χ2v) is 22.1. The minimum absolute atomic E-state index is 0.0895. The predicted molar refractivity (Wildman–Crippen MR) is 258 cm³/mol. The first-order chi connectivity index (χ1) is 29.3. The van der Waals surface area contributed by atoms with E-state index in [-0.39, 0.29) is 5.41 Å². The molecular weight excluding hydrogens is 741 g/mol. The van der Waals surface area contributed by atoms with Crippen molar-refractivity contribution in [2.45, 2.75) is 32.4 Å². The summed E-state index contributed by atoms with van der Waals surface area (Å²) in [5, 5.41) is 8.37. The van der Waals surface area contributed by atoms with Crippen molar-refractivity contribution in [1.29, 1.82) is 0 Å². The number of para-hydroxylation sites is 2. The molecule has 0 unspecified atom stereocenters. The quantitative estimate of drug-likeness (QED) is 0.158. The molecule has 0 radical (unpaired) electrons. The Hall–Kier alpha value is -6.94. The molecule has 286 valence electrons. The Balaban J connectivity index is 1.04. The van der Waals surface area contributed by atoms with E-state index in [2.05, 4.69) is 231 Å². The summed E-state index contributed by atoms with van der Waals surface area (Å²) in [6.45, 7) is 9.78. The van der Waals surface area contributed by atoms with Crippen LogP contribution in [0.5, 0.6) is 0 Å². The van der Waals surface area contributed by atoms with E-state index in [1.807, 2.05) is 0 Å². The van der Waals surface area contributed by atoms with Gasteiger partial charge in [0, 0.05) is 38.9 Å². The molecule has 0 spiro atoms. The third-order valence-electron chi connectivity index (χ3n) is 13.7. The van der Waals surface area contributed by atoms with Crippen LogP contribution in [0.3, 0.4) is 0 Å². The van der Waals surface area contributed by atoms with Crippen molar-refractivity contribution in [2.24, 2.45) is 0 Å². The Labute approximate surface area is 352 Å². The van der Waals surface area contributed by atoms with Gasteiger partial charge in [-0.2, -0.15) is 0 Å². The van der Waals surface area contributed by atoms with E-state index in [1.165, 1.54) is 82.8 Å². The van der Waals surface area contributed by atoms with Crippen LogP contribution < -0.4 is 15.3 Å². The van der Waals surface area contributed by atoms with Crippen molar-refractivity contribution in [1.82, 2.24) is 4.57 Å². The summed E-state index contributed by atoms with van der Waals surface area (Å²) in [4.78, 5) is 2.42. The van der Waals surface area contributed by atoms with Crippen LogP contribution in [0, 0.1) is 0 Å². The zero-order valence-corrected chi connectivity index (χ0v) is 35.4. The highest BCUT2D eigenvalue weighted by molar-refractivity contribution is 7.05. The SMILES string of the molecule is CC1(C)c2ccccc2-c2ccc(N(c3ccccc3)c3cccc(-c4ccc5c(c4)c4cc6c7c(ccc6cc4n5-c4ccccc4)-c4ccccc4[Si]7(C)C)c3)cc21. The molecule has 0 N–H and O–H groups in total. The van der Waals surface area contributed by atoms with E-state index >= 15 is 0 Å². The fraction of sp³-hybridized carbons (Fsp3) is 0.0877. The fourth-order valence-electron chi connectivity index (χ4n) is 10.8. The van der Waals surface area contributed by atoms with Crippen molar-refractivity contribution in [2.75, 3.05) is 4.90 Å². The molecule has 2 aliphatic rings. The van der Waals surface area contributed by atoms with Crippen molar-refractivity contribution in [3.63, 3.8) is 0 Å². The normalized spacial score (nSPS) is 14.3. The number of rotatable bonds is 5. The average Bonchev–Trinajstić information content (AvgIpc) is 3.82. The number of hydrogen-bond acceptors (Lipinski definition) is 1. The van der Waals surface area contributed by atoms with Crippen LogP contribution in [0.4, 0.5) is 17.1 Å². The molecule has 2 heterocycles. The highest BCUT2D eigenvalue weighted by Gasteiger charge is 2.39. The smallest absolute Gasteiger partial charge is 0.114 e. The minimum atomic E-state index is -1.94. The van der Waals surface area contributed by atoms with E-state index in [9.17, 15) is 0 Å². The Bertz CT molecular complexity index is 3370. The summed E-state index contributed by atoms with van der Waals surface area (Å²) in [5.74, 6) is 0. The largest absolute Gasteiger partial charge is 0.310 e. The number of aromatic nitrogens is 1. The summed E-state index contributed by atoms with van der Waals surface area (Å²) in [6, 6.07) is 72.6. The van der Waals surface area contributed by atoms with E-state index in [1.54, 1.807) is 10.4 Å². The molecule has 0 amide bonds. The zero-order valence-electron chi connectivity index (χ0n) is 34.4. The summed E-state index contributed by atoms with van der Waals surface area (Å²) in [7, 11) is -1.94. The van der Waals surface area contributed by atoms with Crippen molar-refractivity contribution in [3.8, 4) is 39.1 Å². The molecule has 0 bridgehead atoms. The lowest BCUT2D eigenvalue weighted by atomic mass is 9.82. The lowest BCUT2D eigenvalue weighted by Gasteiger charge is -2.28. The molecule has 3 heteroatoms. The first-order valence-corrected chi connectivity index (χ1v) is 24.2. The maximum absolute atomic E-state index is 2.53. The molecule has 1 aliphatic carbocycles. The van der Waals surface area contributed by atoms with Crippen LogP contribution in [0.2, 0.25) is 13.1 Å². The maximum atomic E-state index is 2.53. The molecule has 2 nitrogen and oxygen atoms in total. The first kappa shape index (κ1) is 35.0. The van der Waals surface area contributed by atoms with E-state index < -0.39 is 8.07 Å². The topological polar surface area (TPSA) is 8.17 Å². The van der Waals surface area contributed by atoms with Gasteiger partial charge in [0.05, 0.1) is 11.0 Å². The number of benzene rings is 9. The van der Waals surface area contributed by atoms with Crippen LogP contribution in [0.15, 0.2) is 194 Å². The molecule has 9 aromatic carbocycles. The fourth-order valence-corrected chi connectivity index (χ4v) is 14.3.